The first-order valence-corrected chi connectivity index (χ1v) is 9.75. The molecule has 7 nitrogen and oxygen atoms in total. The molecule has 1 saturated heterocycles. The summed E-state index contributed by atoms with van der Waals surface area (Å²) < 4.78 is 5.64. The molecule has 0 bridgehead atoms. The summed E-state index contributed by atoms with van der Waals surface area (Å²) in [6.45, 7) is 4.24. The van der Waals surface area contributed by atoms with E-state index in [0.717, 1.165) is 5.69 Å². The van der Waals surface area contributed by atoms with Gasteiger partial charge in [-0.15, -0.1) is 0 Å². The molecule has 1 unspecified atom stereocenters. The van der Waals surface area contributed by atoms with E-state index in [1.807, 2.05) is 13.8 Å². The number of imidazole rings is 1. The molecule has 1 aliphatic rings. The molecule has 2 aromatic rings. The Morgan fingerprint density at radius 2 is 2.33 bits per heavy atom. The minimum Gasteiger partial charge on any atom is -0.465 e. The second-order valence-corrected chi connectivity index (χ2v) is 8.05. The van der Waals surface area contributed by atoms with Gasteiger partial charge in [0.25, 0.3) is 5.91 Å². The van der Waals surface area contributed by atoms with Crippen LogP contribution >= 0.6 is 24.0 Å². The van der Waals surface area contributed by atoms with E-state index in [-0.39, 0.29) is 17.7 Å². The molecule has 1 aliphatic heterocycles. The van der Waals surface area contributed by atoms with Crippen molar-refractivity contribution in [1.82, 2.24) is 20.2 Å². The third kappa shape index (κ3) is 4.48. The van der Waals surface area contributed by atoms with Crippen molar-refractivity contribution in [3.8, 4) is 0 Å². The lowest BCUT2D eigenvalue weighted by atomic mass is 10.0. The number of furan rings is 1. The van der Waals surface area contributed by atoms with Crippen LogP contribution in [0.1, 0.15) is 25.3 Å². The van der Waals surface area contributed by atoms with Crippen LogP contribution < -0.4 is 5.32 Å². The highest BCUT2D eigenvalue weighted by Crippen LogP contribution is 2.35. The highest BCUT2D eigenvalue weighted by Gasteiger charge is 2.41. The minimum absolute atomic E-state index is 0.0948. The maximum atomic E-state index is 12.9. The lowest BCUT2D eigenvalue weighted by molar-refractivity contribution is -0.134. The topological polar surface area (TPSA) is 91.2 Å². The van der Waals surface area contributed by atoms with Crippen molar-refractivity contribution in [3.05, 3.63) is 47.3 Å². The summed E-state index contributed by atoms with van der Waals surface area (Å²) in [7, 11) is 0. The van der Waals surface area contributed by atoms with Gasteiger partial charge in [-0.3, -0.25) is 14.5 Å². The van der Waals surface area contributed by atoms with Crippen molar-refractivity contribution in [2.45, 2.75) is 26.3 Å². The molecule has 0 radical (unpaired) electrons. The predicted molar refractivity (Wildman–Crippen MR) is 108 cm³/mol. The minimum atomic E-state index is -0.665. The Morgan fingerprint density at radius 3 is 2.96 bits per heavy atom. The molecular weight excluding hydrogens is 384 g/mol. The second-order valence-electron chi connectivity index (χ2n) is 6.37. The first-order valence-electron chi connectivity index (χ1n) is 8.53. The fraction of sp³-hybridized carbons (Fsp3) is 0.333. The van der Waals surface area contributed by atoms with Crippen molar-refractivity contribution in [2.24, 2.45) is 5.92 Å². The first kappa shape index (κ1) is 19.4. The van der Waals surface area contributed by atoms with Crippen LogP contribution in [0.3, 0.4) is 0 Å². The summed E-state index contributed by atoms with van der Waals surface area (Å²) >= 11 is 6.57. The fourth-order valence-electron chi connectivity index (χ4n) is 2.79. The molecule has 3 rings (SSSR count). The van der Waals surface area contributed by atoms with Crippen LogP contribution in [0.25, 0.3) is 6.08 Å². The maximum Gasteiger partial charge on any atom is 0.267 e. The van der Waals surface area contributed by atoms with Crippen LogP contribution in [0.4, 0.5) is 0 Å². The van der Waals surface area contributed by atoms with Crippen molar-refractivity contribution in [1.29, 1.82) is 0 Å². The number of thiocarbonyl (C=S) groups is 1. The molecule has 2 amide bonds. The first-order chi connectivity index (χ1) is 13.0. The molecule has 0 aliphatic carbocycles. The number of aromatic amines is 1. The number of H-pyrrole nitrogens is 1. The van der Waals surface area contributed by atoms with Crippen LogP contribution in [0.2, 0.25) is 0 Å². The van der Waals surface area contributed by atoms with E-state index >= 15 is 0 Å². The number of carbonyl (C=O) groups excluding carboxylic acids is 2. The van der Waals surface area contributed by atoms with Gasteiger partial charge in [-0.1, -0.05) is 37.8 Å². The molecule has 0 spiro atoms. The van der Waals surface area contributed by atoms with Gasteiger partial charge in [-0.2, -0.15) is 0 Å². The summed E-state index contributed by atoms with van der Waals surface area (Å²) in [6, 6.07) is 2.84. The second kappa shape index (κ2) is 8.53. The molecular formula is C18H20N4O3S2. The van der Waals surface area contributed by atoms with Gasteiger partial charge in [0.1, 0.15) is 16.1 Å². The van der Waals surface area contributed by atoms with Gasteiger partial charge in [0, 0.05) is 30.9 Å². The average Bonchev–Trinajstić information content (AvgIpc) is 3.35. The number of amides is 2. The van der Waals surface area contributed by atoms with E-state index in [1.165, 1.54) is 22.9 Å². The largest absolute Gasteiger partial charge is 0.465 e. The van der Waals surface area contributed by atoms with Crippen LogP contribution in [0.5, 0.6) is 0 Å². The van der Waals surface area contributed by atoms with Gasteiger partial charge in [-0.05, 0) is 18.1 Å². The zero-order valence-electron chi connectivity index (χ0n) is 15.0. The average molecular weight is 405 g/mol. The Kier molecular flexibility index (Phi) is 6.12. The lowest BCUT2D eigenvalue weighted by Crippen LogP contribution is -2.51. The normalized spacial score (nSPS) is 17.1. The van der Waals surface area contributed by atoms with E-state index in [1.54, 1.807) is 30.7 Å². The van der Waals surface area contributed by atoms with E-state index in [0.29, 0.717) is 28.0 Å². The van der Waals surface area contributed by atoms with Crippen LogP contribution in [-0.2, 0) is 16.0 Å². The predicted octanol–water partition coefficient (Wildman–Crippen LogP) is 2.59. The van der Waals surface area contributed by atoms with Gasteiger partial charge in [0.15, 0.2) is 0 Å². The Balaban J connectivity index is 1.70. The van der Waals surface area contributed by atoms with Crippen LogP contribution in [0, 0.1) is 5.92 Å². The molecule has 0 aromatic carbocycles. The quantitative estimate of drug-likeness (QED) is 0.544. The fourth-order valence-corrected chi connectivity index (χ4v) is 4.10. The molecule has 1 fully saturated rings. The number of nitrogens with zero attached hydrogens (tertiary/aromatic N) is 2. The molecule has 3 heterocycles. The lowest BCUT2D eigenvalue weighted by Gasteiger charge is -2.28. The molecule has 2 N–H and O–H groups in total. The number of hydrogen-bond acceptors (Lipinski definition) is 6. The Bertz CT molecular complexity index is 844. The molecule has 2 aromatic heterocycles. The molecule has 142 valence electrons. The SMILES string of the molecule is CC(C)C(C(=O)NCCc1cnc[nH]1)N1C(=O)/C(=C/c2ccco2)SC1=S. The molecule has 27 heavy (non-hydrogen) atoms. The van der Waals surface area contributed by atoms with E-state index < -0.39 is 6.04 Å². The van der Waals surface area contributed by atoms with E-state index in [2.05, 4.69) is 15.3 Å². The van der Waals surface area contributed by atoms with E-state index in [4.69, 9.17) is 16.6 Å². The molecule has 1 atom stereocenters. The number of hydrogen-bond donors (Lipinski definition) is 2. The third-order valence-corrected chi connectivity index (χ3v) is 5.40. The summed E-state index contributed by atoms with van der Waals surface area (Å²) in [5.41, 5.74) is 0.934. The van der Waals surface area contributed by atoms with Crippen LogP contribution in [-0.4, -0.2) is 43.6 Å². The summed E-state index contributed by atoms with van der Waals surface area (Å²) in [5, 5.41) is 2.89. The van der Waals surface area contributed by atoms with Crippen molar-refractivity contribution in [2.75, 3.05) is 6.54 Å². The van der Waals surface area contributed by atoms with Crippen molar-refractivity contribution in [3.63, 3.8) is 0 Å². The summed E-state index contributed by atoms with van der Waals surface area (Å²) in [6.07, 6.45) is 7.13. The van der Waals surface area contributed by atoms with Crippen LogP contribution in [0.15, 0.2) is 40.2 Å². The van der Waals surface area contributed by atoms with Crippen molar-refractivity contribution < 1.29 is 14.0 Å². The van der Waals surface area contributed by atoms with Gasteiger partial charge in [0.2, 0.25) is 5.91 Å². The number of thioether (sulfide) groups is 1. The maximum absolute atomic E-state index is 12.9. The van der Waals surface area contributed by atoms with Crippen molar-refractivity contribution >= 4 is 46.2 Å². The zero-order chi connectivity index (χ0) is 19.4. The number of rotatable bonds is 7. The van der Waals surface area contributed by atoms with Gasteiger partial charge in [0.05, 0.1) is 17.5 Å². The number of carbonyl (C=O) groups is 2. The summed E-state index contributed by atoms with van der Waals surface area (Å²) in [4.78, 5) is 34.4. The standard InChI is InChI=1S/C18H20N4O3S2/c1-11(2)15(16(23)20-6-5-12-9-19-10-21-12)22-17(24)14(27-18(22)26)8-13-4-3-7-25-13/h3-4,7-11,15H,5-6H2,1-2H3,(H,19,21)(H,20,23)/b14-8-. The Labute approximate surface area is 166 Å². The highest BCUT2D eigenvalue weighted by molar-refractivity contribution is 8.26. The van der Waals surface area contributed by atoms with Gasteiger partial charge < -0.3 is 14.7 Å². The molecule has 9 heteroatoms. The highest BCUT2D eigenvalue weighted by atomic mass is 32.2. The Morgan fingerprint density at radius 1 is 1.52 bits per heavy atom. The molecule has 0 saturated carbocycles. The number of aromatic nitrogens is 2. The smallest absolute Gasteiger partial charge is 0.267 e. The number of nitrogens with one attached hydrogen (secondary N) is 2. The van der Waals surface area contributed by atoms with Gasteiger partial charge >= 0.3 is 0 Å². The van der Waals surface area contributed by atoms with E-state index in [9.17, 15) is 9.59 Å². The Hall–Kier alpha value is -2.39. The van der Waals surface area contributed by atoms with Gasteiger partial charge in [-0.25, -0.2) is 4.98 Å². The zero-order valence-corrected chi connectivity index (χ0v) is 16.6. The third-order valence-electron chi connectivity index (χ3n) is 4.07. The monoisotopic (exact) mass is 404 g/mol. The summed E-state index contributed by atoms with van der Waals surface area (Å²) in [5.74, 6) is -0.0212.